The molecular formula is C16H26N2. The summed E-state index contributed by atoms with van der Waals surface area (Å²) in [6, 6.07) is 9.38. The van der Waals surface area contributed by atoms with Crippen molar-refractivity contribution >= 4 is 0 Å². The fourth-order valence-electron chi connectivity index (χ4n) is 2.74. The molecule has 18 heavy (non-hydrogen) atoms. The van der Waals surface area contributed by atoms with Gasteiger partial charge in [-0.1, -0.05) is 31.2 Å². The minimum atomic E-state index is 0.706. The van der Waals surface area contributed by atoms with Gasteiger partial charge in [-0.2, -0.15) is 0 Å². The van der Waals surface area contributed by atoms with Crippen molar-refractivity contribution in [3.05, 3.63) is 35.4 Å². The van der Waals surface area contributed by atoms with Crippen molar-refractivity contribution in [2.45, 2.75) is 45.7 Å². The van der Waals surface area contributed by atoms with Crippen LogP contribution in [0.5, 0.6) is 0 Å². The van der Waals surface area contributed by atoms with Crippen LogP contribution in [0.4, 0.5) is 0 Å². The van der Waals surface area contributed by atoms with Gasteiger partial charge in [0.05, 0.1) is 0 Å². The van der Waals surface area contributed by atoms with Gasteiger partial charge in [0.15, 0.2) is 0 Å². The van der Waals surface area contributed by atoms with Crippen LogP contribution >= 0.6 is 0 Å². The Morgan fingerprint density at radius 2 is 1.94 bits per heavy atom. The third-order valence-corrected chi connectivity index (χ3v) is 3.97. The van der Waals surface area contributed by atoms with E-state index < -0.39 is 0 Å². The molecule has 1 N–H and O–H groups in total. The lowest BCUT2D eigenvalue weighted by Gasteiger charge is -2.32. The smallest absolute Gasteiger partial charge is 0.0210 e. The van der Waals surface area contributed by atoms with Crippen molar-refractivity contribution in [2.75, 3.05) is 19.6 Å². The summed E-state index contributed by atoms with van der Waals surface area (Å²) in [6.07, 6.45) is 3.87. The molecule has 1 fully saturated rings. The second kappa shape index (κ2) is 6.91. The SMILES string of the molecule is CCCN1CCC(NCc2ccccc2C)CC1. The molecule has 1 aliphatic heterocycles. The second-order valence-electron chi connectivity index (χ2n) is 5.42. The summed E-state index contributed by atoms with van der Waals surface area (Å²) < 4.78 is 0. The van der Waals surface area contributed by atoms with E-state index in [0.29, 0.717) is 6.04 Å². The molecule has 0 amide bonds. The molecule has 0 atom stereocenters. The monoisotopic (exact) mass is 246 g/mol. The summed E-state index contributed by atoms with van der Waals surface area (Å²) >= 11 is 0. The predicted molar refractivity (Wildman–Crippen MR) is 77.8 cm³/mol. The molecule has 0 radical (unpaired) electrons. The summed E-state index contributed by atoms with van der Waals surface area (Å²) in [7, 11) is 0. The van der Waals surface area contributed by atoms with Crippen LogP contribution in [-0.2, 0) is 6.54 Å². The lowest BCUT2D eigenvalue weighted by Crippen LogP contribution is -2.42. The van der Waals surface area contributed by atoms with E-state index in [2.05, 4.69) is 48.3 Å². The molecule has 0 aliphatic carbocycles. The van der Waals surface area contributed by atoms with E-state index in [0.717, 1.165) is 6.54 Å². The largest absolute Gasteiger partial charge is 0.310 e. The Balaban J connectivity index is 1.74. The summed E-state index contributed by atoms with van der Waals surface area (Å²) in [5.41, 5.74) is 2.84. The van der Waals surface area contributed by atoms with E-state index >= 15 is 0 Å². The number of hydrogen-bond donors (Lipinski definition) is 1. The van der Waals surface area contributed by atoms with Gasteiger partial charge in [-0.25, -0.2) is 0 Å². The standard InChI is InChI=1S/C16H26N2/c1-3-10-18-11-8-16(9-12-18)17-13-15-7-5-4-6-14(15)2/h4-7,16-17H,3,8-13H2,1-2H3. The van der Waals surface area contributed by atoms with Crippen LogP contribution in [0.3, 0.4) is 0 Å². The normalized spacial score (nSPS) is 18.1. The van der Waals surface area contributed by atoms with Crippen molar-refractivity contribution in [3.63, 3.8) is 0 Å². The van der Waals surface area contributed by atoms with Gasteiger partial charge in [0.2, 0.25) is 0 Å². The topological polar surface area (TPSA) is 15.3 Å². The third kappa shape index (κ3) is 3.82. The van der Waals surface area contributed by atoms with Crippen molar-refractivity contribution in [1.82, 2.24) is 10.2 Å². The van der Waals surface area contributed by atoms with Gasteiger partial charge in [-0.3, -0.25) is 0 Å². The molecule has 1 aromatic rings. The van der Waals surface area contributed by atoms with Crippen LogP contribution in [0.1, 0.15) is 37.3 Å². The molecule has 0 bridgehead atoms. The minimum absolute atomic E-state index is 0.706. The molecule has 0 unspecified atom stereocenters. The van der Waals surface area contributed by atoms with E-state index in [9.17, 15) is 0 Å². The Morgan fingerprint density at radius 1 is 1.22 bits per heavy atom. The summed E-state index contributed by atoms with van der Waals surface area (Å²) in [5.74, 6) is 0. The summed E-state index contributed by atoms with van der Waals surface area (Å²) in [6.45, 7) is 9.28. The number of aryl methyl sites for hydroxylation is 1. The van der Waals surface area contributed by atoms with E-state index in [4.69, 9.17) is 0 Å². The molecule has 2 heteroatoms. The summed E-state index contributed by atoms with van der Waals surface area (Å²) in [5, 5.41) is 3.71. The molecule has 1 heterocycles. The number of benzene rings is 1. The Hall–Kier alpha value is -0.860. The highest BCUT2D eigenvalue weighted by Gasteiger charge is 2.17. The number of piperidine rings is 1. The van der Waals surface area contributed by atoms with Crippen LogP contribution in [0.25, 0.3) is 0 Å². The minimum Gasteiger partial charge on any atom is -0.310 e. The maximum absolute atomic E-state index is 3.71. The second-order valence-corrected chi connectivity index (χ2v) is 5.42. The maximum atomic E-state index is 3.71. The molecule has 0 aromatic heterocycles. The first-order valence-corrected chi connectivity index (χ1v) is 7.30. The number of likely N-dealkylation sites (tertiary alicyclic amines) is 1. The van der Waals surface area contributed by atoms with Gasteiger partial charge in [0, 0.05) is 12.6 Å². The van der Waals surface area contributed by atoms with Crippen molar-refractivity contribution in [2.24, 2.45) is 0 Å². The lowest BCUT2D eigenvalue weighted by molar-refractivity contribution is 0.197. The van der Waals surface area contributed by atoms with Crippen LogP contribution < -0.4 is 5.32 Å². The molecule has 1 saturated heterocycles. The summed E-state index contributed by atoms with van der Waals surface area (Å²) in [4.78, 5) is 2.59. The molecule has 2 rings (SSSR count). The Kier molecular flexibility index (Phi) is 5.21. The number of nitrogens with one attached hydrogen (secondary N) is 1. The highest BCUT2D eigenvalue weighted by molar-refractivity contribution is 5.25. The van der Waals surface area contributed by atoms with Crippen molar-refractivity contribution in [1.29, 1.82) is 0 Å². The first-order chi connectivity index (χ1) is 8.79. The zero-order chi connectivity index (χ0) is 12.8. The molecule has 1 aliphatic rings. The number of rotatable bonds is 5. The highest BCUT2D eigenvalue weighted by atomic mass is 15.1. The van der Waals surface area contributed by atoms with E-state index in [1.54, 1.807) is 0 Å². The molecule has 2 nitrogen and oxygen atoms in total. The van der Waals surface area contributed by atoms with Gasteiger partial charge in [-0.15, -0.1) is 0 Å². The van der Waals surface area contributed by atoms with Gasteiger partial charge >= 0.3 is 0 Å². The first kappa shape index (κ1) is 13.6. The molecule has 0 spiro atoms. The van der Waals surface area contributed by atoms with E-state index in [1.165, 1.54) is 50.0 Å². The predicted octanol–water partition coefficient (Wildman–Crippen LogP) is 2.96. The van der Waals surface area contributed by atoms with Crippen molar-refractivity contribution < 1.29 is 0 Å². The zero-order valence-corrected chi connectivity index (χ0v) is 11.8. The Morgan fingerprint density at radius 3 is 2.61 bits per heavy atom. The van der Waals surface area contributed by atoms with Crippen LogP contribution in [0.2, 0.25) is 0 Å². The average molecular weight is 246 g/mol. The molecule has 100 valence electrons. The molecular weight excluding hydrogens is 220 g/mol. The zero-order valence-electron chi connectivity index (χ0n) is 11.8. The van der Waals surface area contributed by atoms with Crippen LogP contribution in [0, 0.1) is 6.92 Å². The Bertz CT molecular complexity index is 354. The van der Waals surface area contributed by atoms with E-state index in [-0.39, 0.29) is 0 Å². The fraction of sp³-hybridized carbons (Fsp3) is 0.625. The number of hydrogen-bond acceptors (Lipinski definition) is 2. The average Bonchev–Trinajstić information content (AvgIpc) is 2.40. The van der Waals surface area contributed by atoms with Crippen LogP contribution in [-0.4, -0.2) is 30.6 Å². The van der Waals surface area contributed by atoms with Gasteiger partial charge in [0.1, 0.15) is 0 Å². The van der Waals surface area contributed by atoms with Gasteiger partial charge in [0.25, 0.3) is 0 Å². The van der Waals surface area contributed by atoms with Gasteiger partial charge < -0.3 is 10.2 Å². The fourth-order valence-corrected chi connectivity index (χ4v) is 2.74. The van der Waals surface area contributed by atoms with Gasteiger partial charge in [-0.05, 0) is 56.9 Å². The molecule has 1 aromatic carbocycles. The molecule has 0 saturated carbocycles. The van der Waals surface area contributed by atoms with Crippen LogP contribution in [0.15, 0.2) is 24.3 Å². The van der Waals surface area contributed by atoms with Crippen molar-refractivity contribution in [3.8, 4) is 0 Å². The van der Waals surface area contributed by atoms with E-state index in [1.807, 2.05) is 0 Å². The Labute approximate surface area is 111 Å². The maximum Gasteiger partial charge on any atom is 0.0210 e. The highest BCUT2D eigenvalue weighted by Crippen LogP contribution is 2.12. The number of nitrogens with zero attached hydrogens (tertiary/aromatic N) is 1. The lowest BCUT2D eigenvalue weighted by atomic mass is 10.0. The third-order valence-electron chi connectivity index (χ3n) is 3.97. The first-order valence-electron chi connectivity index (χ1n) is 7.30. The quantitative estimate of drug-likeness (QED) is 0.859.